The van der Waals surface area contributed by atoms with Gasteiger partial charge >= 0.3 is 0 Å². The predicted molar refractivity (Wildman–Crippen MR) is 124 cm³/mol. The molecule has 0 fully saturated rings. The van der Waals surface area contributed by atoms with Crippen molar-refractivity contribution in [2.45, 2.75) is 27.7 Å². The van der Waals surface area contributed by atoms with E-state index >= 15 is 0 Å². The van der Waals surface area contributed by atoms with E-state index in [0.29, 0.717) is 22.5 Å². The smallest absolute Gasteiger partial charge is 0.0849 e. The SMILES string of the molecule is CC.CC.O=C([O-])C(=Cc1ccc(NCNc2ccc(C=C(C(=O)[O-])C(=O)[O-])cc2)cc1)C(=O)[O-]. The first-order valence-electron chi connectivity index (χ1n) is 10.6. The summed E-state index contributed by atoms with van der Waals surface area (Å²) in [5, 5.41) is 49.0. The minimum Gasteiger partial charge on any atom is -0.545 e. The third-order valence-electron chi connectivity index (χ3n) is 3.91. The van der Waals surface area contributed by atoms with Crippen LogP contribution >= 0.6 is 0 Å². The van der Waals surface area contributed by atoms with Crippen LogP contribution in [0.5, 0.6) is 0 Å². The zero-order chi connectivity index (χ0) is 27.0. The number of anilines is 2. The van der Waals surface area contributed by atoms with Crippen LogP contribution < -0.4 is 31.1 Å². The summed E-state index contributed by atoms with van der Waals surface area (Å²) in [6.45, 7) is 8.27. The van der Waals surface area contributed by atoms with Crippen molar-refractivity contribution in [2.75, 3.05) is 17.3 Å². The van der Waals surface area contributed by atoms with Crippen LogP contribution in [0.25, 0.3) is 12.2 Å². The number of hydrogen-bond acceptors (Lipinski definition) is 10. The average molecular weight is 482 g/mol. The Bertz CT molecular complexity index is 938. The van der Waals surface area contributed by atoms with Gasteiger partial charge in [-0.25, -0.2) is 0 Å². The molecule has 0 aromatic heterocycles. The molecule has 0 aliphatic rings. The molecule has 0 aliphatic heterocycles. The van der Waals surface area contributed by atoms with Gasteiger partial charge in [0.15, 0.2) is 0 Å². The fourth-order valence-corrected chi connectivity index (χ4v) is 2.38. The molecule has 10 nitrogen and oxygen atoms in total. The Morgan fingerprint density at radius 1 is 0.571 bits per heavy atom. The topological polar surface area (TPSA) is 185 Å². The van der Waals surface area contributed by atoms with Crippen molar-refractivity contribution in [3.8, 4) is 0 Å². The van der Waals surface area contributed by atoms with Crippen molar-refractivity contribution >= 4 is 47.4 Å². The van der Waals surface area contributed by atoms with Crippen LogP contribution in [0.1, 0.15) is 38.8 Å². The van der Waals surface area contributed by atoms with Crippen LogP contribution in [-0.2, 0) is 19.2 Å². The van der Waals surface area contributed by atoms with E-state index < -0.39 is 35.0 Å². The molecule has 0 saturated carbocycles. The Balaban J connectivity index is 0.00000274. The molecule has 2 aromatic rings. The molecule has 0 unspecified atom stereocenters. The maximum Gasteiger partial charge on any atom is 0.0849 e. The number of aliphatic carboxylic acids is 4. The lowest BCUT2D eigenvalue weighted by Gasteiger charge is -2.12. The van der Waals surface area contributed by atoms with Gasteiger partial charge in [0.05, 0.1) is 30.5 Å². The fourth-order valence-electron chi connectivity index (χ4n) is 2.38. The number of carboxylic acid groups (broad SMARTS) is 4. The molecule has 35 heavy (non-hydrogen) atoms. The predicted octanol–water partition coefficient (Wildman–Crippen LogP) is -1.01. The Kier molecular flexibility index (Phi) is 14.0. The summed E-state index contributed by atoms with van der Waals surface area (Å²) in [6.07, 6.45) is 1.85. The first-order chi connectivity index (χ1) is 16.7. The third kappa shape index (κ3) is 10.7. The number of carboxylic acids is 4. The molecular weight excluding hydrogens is 456 g/mol. The van der Waals surface area contributed by atoms with Gasteiger partial charge < -0.3 is 50.2 Å². The number of carbonyl (C=O) groups is 4. The molecular formula is C25H26N2O8-4. The van der Waals surface area contributed by atoms with Crippen LogP contribution in [-0.4, -0.2) is 30.5 Å². The molecule has 0 radical (unpaired) electrons. The molecule has 10 heteroatoms. The van der Waals surface area contributed by atoms with E-state index in [9.17, 15) is 39.6 Å². The molecule has 0 amide bonds. The zero-order valence-electron chi connectivity index (χ0n) is 19.7. The molecule has 0 spiro atoms. The zero-order valence-corrected chi connectivity index (χ0v) is 19.7. The lowest BCUT2D eigenvalue weighted by Crippen LogP contribution is -2.36. The molecule has 188 valence electrons. The van der Waals surface area contributed by atoms with Crippen molar-refractivity contribution in [3.63, 3.8) is 0 Å². The first kappa shape index (κ1) is 30.4. The van der Waals surface area contributed by atoms with Gasteiger partial charge in [0.2, 0.25) is 0 Å². The molecule has 0 heterocycles. The minimum absolute atomic E-state index is 0.275. The van der Waals surface area contributed by atoms with Crippen molar-refractivity contribution in [3.05, 3.63) is 70.8 Å². The minimum atomic E-state index is -1.84. The summed E-state index contributed by atoms with van der Waals surface area (Å²) in [6, 6.07) is 12.4. The van der Waals surface area contributed by atoms with Crippen LogP contribution in [0.4, 0.5) is 11.4 Å². The summed E-state index contributed by atoms with van der Waals surface area (Å²) in [5.74, 6) is -7.38. The van der Waals surface area contributed by atoms with E-state index in [4.69, 9.17) is 0 Å². The highest BCUT2D eigenvalue weighted by atomic mass is 16.4. The quantitative estimate of drug-likeness (QED) is 0.184. The van der Waals surface area contributed by atoms with Gasteiger partial charge in [-0.1, -0.05) is 52.0 Å². The largest absolute Gasteiger partial charge is 0.545 e. The molecule has 0 aliphatic carbocycles. The lowest BCUT2D eigenvalue weighted by molar-refractivity contribution is -0.314. The van der Waals surface area contributed by atoms with Crippen molar-refractivity contribution in [1.29, 1.82) is 0 Å². The van der Waals surface area contributed by atoms with Crippen LogP contribution in [0, 0.1) is 0 Å². The summed E-state index contributed by atoms with van der Waals surface area (Å²) in [5.41, 5.74) is 0.0376. The molecule has 2 N–H and O–H groups in total. The highest BCUT2D eigenvalue weighted by molar-refractivity contribution is 6.15. The maximum absolute atomic E-state index is 10.7. The second-order valence-electron chi connectivity index (χ2n) is 6.04. The van der Waals surface area contributed by atoms with E-state index in [2.05, 4.69) is 10.6 Å². The Labute approximate surface area is 203 Å². The highest BCUT2D eigenvalue weighted by Crippen LogP contribution is 2.14. The lowest BCUT2D eigenvalue weighted by atomic mass is 10.1. The highest BCUT2D eigenvalue weighted by Gasteiger charge is 2.02. The Hall–Kier alpha value is -4.60. The average Bonchev–Trinajstić information content (AvgIpc) is 2.84. The number of nitrogens with one attached hydrogen (secondary N) is 2. The van der Waals surface area contributed by atoms with E-state index in [1.54, 1.807) is 24.3 Å². The number of carbonyl (C=O) groups excluding carboxylic acids is 4. The van der Waals surface area contributed by atoms with Gasteiger partial charge in [-0.2, -0.15) is 0 Å². The number of rotatable bonds is 10. The van der Waals surface area contributed by atoms with E-state index in [0.717, 1.165) is 12.2 Å². The second-order valence-corrected chi connectivity index (χ2v) is 6.04. The van der Waals surface area contributed by atoms with Crippen molar-refractivity contribution in [1.82, 2.24) is 0 Å². The van der Waals surface area contributed by atoms with Gasteiger partial charge in [-0.3, -0.25) is 0 Å². The summed E-state index contributed by atoms with van der Waals surface area (Å²) < 4.78 is 0. The molecule has 2 rings (SSSR count). The Morgan fingerprint density at radius 2 is 0.829 bits per heavy atom. The number of hydrogen-bond donors (Lipinski definition) is 2. The van der Waals surface area contributed by atoms with Crippen LogP contribution in [0.15, 0.2) is 59.7 Å². The summed E-state index contributed by atoms with van der Waals surface area (Å²) in [4.78, 5) is 43.0. The first-order valence-corrected chi connectivity index (χ1v) is 10.6. The van der Waals surface area contributed by atoms with Gasteiger partial charge in [0.25, 0.3) is 0 Å². The van der Waals surface area contributed by atoms with Crippen molar-refractivity contribution < 1.29 is 39.6 Å². The third-order valence-corrected chi connectivity index (χ3v) is 3.91. The second kappa shape index (κ2) is 16.1. The van der Waals surface area contributed by atoms with Gasteiger partial charge in [0.1, 0.15) is 0 Å². The van der Waals surface area contributed by atoms with E-state index in [1.165, 1.54) is 24.3 Å². The summed E-state index contributed by atoms with van der Waals surface area (Å²) in [7, 11) is 0. The number of benzene rings is 2. The monoisotopic (exact) mass is 482 g/mol. The molecule has 0 atom stereocenters. The van der Waals surface area contributed by atoms with Crippen molar-refractivity contribution in [2.24, 2.45) is 0 Å². The summed E-state index contributed by atoms with van der Waals surface area (Å²) >= 11 is 0. The standard InChI is InChI=1S/C21H18N2O8.2C2H6/c24-18(25)16(19(26)27)9-12-1-5-14(6-2-12)22-11-23-15-7-3-13(4-8-15)10-17(20(28)29)21(30)31;2*1-2/h1-10,22-23H,11H2,(H,24,25)(H,26,27)(H,28,29)(H,30,31);2*1-2H3/p-4. The van der Waals surface area contributed by atoms with Gasteiger partial charge in [-0.15, -0.1) is 0 Å². The van der Waals surface area contributed by atoms with Gasteiger partial charge in [0, 0.05) is 22.5 Å². The molecule has 0 bridgehead atoms. The van der Waals surface area contributed by atoms with E-state index in [-0.39, 0.29) is 6.67 Å². The maximum atomic E-state index is 10.7. The van der Waals surface area contributed by atoms with Gasteiger partial charge in [-0.05, 0) is 47.5 Å². The van der Waals surface area contributed by atoms with E-state index in [1.807, 2.05) is 27.7 Å². The normalized spacial score (nSPS) is 9.03. The van der Waals surface area contributed by atoms with Crippen LogP contribution in [0.3, 0.4) is 0 Å². The fraction of sp³-hybridized carbons (Fsp3) is 0.200. The van der Waals surface area contributed by atoms with Crippen LogP contribution in [0.2, 0.25) is 0 Å². The molecule has 0 saturated heterocycles. The Morgan fingerprint density at radius 3 is 1.06 bits per heavy atom. The molecule has 2 aromatic carbocycles.